The summed E-state index contributed by atoms with van der Waals surface area (Å²) in [5.41, 5.74) is 0.507. The molecular weight excluding hydrogens is 278 g/mol. The van der Waals surface area contributed by atoms with Crippen LogP contribution in [0, 0.1) is 0 Å². The minimum atomic E-state index is -0.145. The molecule has 1 aliphatic heterocycles. The first kappa shape index (κ1) is 15.3. The number of carbonyl (C=O) groups excluding carboxylic acids is 1. The number of β-amino-alcohol motifs (C(OH)–C–C–N with tert-alkyl or cyclic N) is 1. The number of amides is 1. The lowest BCUT2D eigenvalue weighted by Crippen LogP contribution is -2.50. The summed E-state index contributed by atoms with van der Waals surface area (Å²) >= 11 is 5.99. The van der Waals surface area contributed by atoms with E-state index in [-0.39, 0.29) is 12.5 Å². The van der Waals surface area contributed by atoms with Crippen LogP contribution in [0.4, 0.5) is 0 Å². The van der Waals surface area contributed by atoms with Crippen LogP contribution in [0.2, 0.25) is 5.02 Å². The number of aliphatic hydroxyl groups is 1. The molecule has 0 saturated carbocycles. The third kappa shape index (κ3) is 4.18. The summed E-state index contributed by atoms with van der Waals surface area (Å²) in [6.07, 6.45) is 0. The van der Waals surface area contributed by atoms with Gasteiger partial charge in [0.05, 0.1) is 23.9 Å². The molecule has 0 spiro atoms. The summed E-state index contributed by atoms with van der Waals surface area (Å²) < 4.78 is 0. The van der Waals surface area contributed by atoms with Gasteiger partial charge < -0.3 is 10.4 Å². The zero-order valence-electron chi connectivity index (χ0n) is 11.4. The maximum atomic E-state index is 12.0. The molecule has 1 fully saturated rings. The van der Waals surface area contributed by atoms with Crippen LogP contribution < -0.4 is 5.32 Å². The SMILES string of the molecule is O=C(NCN1CCN(CCO)CC1)c1ccccc1Cl. The molecule has 1 saturated heterocycles. The highest BCUT2D eigenvalue weighted by Gasteiger charge is 2.17. The minimum Gasteiger partial charge on any atom is -0.395 e. The molecule has 110 valence electrons. The second kappa shape index (κ2) is 7.59. The van der Waals surface area contributed by atoms with E-state index in [0.29, 0.717) is 17.3 Å². The normalized spacial score (nSPS) is 17.1. The van der Waals surface area contributed by atoms with Gasteiger partial charge in [-0.1, -0.05) is 23.7 Å². The van der Waals surface area contributed by atoms with E-state index in [1.807, 2.05) is 0 Å². The molecule has 1 aliphatic rings. The smallest absolute Gasteiger partial charge is 0.253 e. The first-order chi connectivity index (χ1) is 9.70. The molecule has 2 rings (SSSR count). The van der Waals surface area contributed by atoms with E-state index in [0.717, 1.165) is 32.7 Å². The first-order valence-electron chi connectivity index (χ1n) is 6.79. The average Bonchev–Trinajstić information content (AvgIpc) is 2.47. The molecule has 1 heterocycles. The van der Waals surface area contributed by atoms with Gasteiger partial charge in [-0.15, -0.1) is 0 Å². The third-order valence-electron chi connectivity index (χ3n) is 3.46. The number of piperazine rings is 1. The molecule has 0 aromatic heterocycles. The maximum absolute atomic E-state index is 12.0. The predicted octanol–water partition coefficient (Wildman–Crippen LogP) is 0.637. The van der Waals surface area contributed by atoms with Crippen molar-refractivity contribution in [2.24, 2.45) is 0 Å². The summed E-state index contributed by atoms with van der Waals surface area (Å²) in [5.74, 6) is -0.145. The van der Waals surface area contributed by atoms with Crippen LogP contribution in [0.1, 0.15) is 10.4 Å². The highest BCUT2D eigenvalue weighted by atomic mass is 35.5. The molecule has 6 heteroatoms. The Labute approximate surface area is 124 Å². The molecule has 20 heavy (non-hydrogen) atoms. The van der Waals surface area contributed by atoms with E-state index in [1.165, 1.54) is 0 Å². The lowest BCUT2D eigenvalue weighted by molar-refractivity contribution is 0.0847. The van der Waals surface area contributed by atoms with Crippen molar-refractivity contribution in [3.05, 3.63) is 34.9 Å². The molecule has 0 radical (unpaired) electrons. The number of aliphatic hydroxyl groups excluding tert-OH is 1. The number of carbonyl (C=O) groups is 1. The van der Waals surface area contributed by atoms with Crippen molar-refractivity contribution in [2.45, 2.75) is 0 Å². The van der Waals surface area contributed by atoms with E-state index >= 15 is 0 Å². The van der Waals surface area contributed by atoms with Gasteiger partial charge in [-0.2, -0.15) is 0 Å². The lowest BCUT2D eigenvalue weighted by atomic mass is 10.2. The molecule has 2 N–H and O–H groups in total. The molecule has 1 amide bonds. The molecule has 0 aliphatic carbocycles. The standard InChI is InChI=1S/C14H20ClN3O2/c15-13-4-2-1-3-12(13)14(20)16-11-18-7-5-17(6-8-18)9-10-19/h1-4,19H,5-11H2,(H,16,20). The Morgan fingerprint density at radius 1 is 1.20 bits per heavy atom. The Hall–Kier alpha value is -1.14. The Morgan fingerprint density at radius 2 is 1.85 bits per heavy atom. The van der Waals surface area contributed by atoms with Crippen molar-refractivity contribution in [2.75, 3.05) is 46.0 Å². The Kier molecular flexibility index (Phi) is 5.79. The van der Waals surface area contributed by atoms with E-state index in [4.69, 9.17) is 16.7 Å². The number of hydrogen-bond donors (Lipinski definition) is 2. The van der Waals surface area contributed by atoms with E-state index < -0.39 is 0 Å². The molecule has 0 atom stereocenters. The first-order valence-corrected chi connectivity index (χ1v) is 7.17. The zero-order chi connectivity index (χ0) is 14.4. The van der Waals surface area contributed by atoms with Gasteiger partial charge >= 0.3 is 0 Å². The number of benzene rings is 1. The fraction of sp³-hybridized carbons (Fsp3) is 0.500. The number of nitrogens with one attached hydrogen (secondary N) is 1. The van der Waals surface area contributed by atoms with Crippen LogP contribution in [0.5, 0.6) is 0 Å². The van der Waals surface area contributed by atoms with Crippen LogP contribution in [0.15, 0.2) is 24.3 Å². The zero-order valence-corrected chi connectivity index (χ0v) is 12.1. The quantitative estimate of drug-likeness (QED) is 0.837. The summed E-state index contributed by atoms with van der Waals surface area (Å²) in [6, 6.07) is 7.04. The van der Waals surface area contributed by atoms with Crippen molar-refractivity contribution < 1.29 is 9.90 Å². The maximum Gasteiger partial charge on any atom is 0.253 e. The minimum absolute atomic E-state index is 0.145. The largest absolute Gasteiger partial charge is 0.395 e. The molecule has 0 unspecified atom stereocenters. The van der Waals surface area contributed by atoms with Crippen LogP contribution in [0.3, 0.4) is 0 Å². The monoisotopic (exact) mass is 297 g/mol. The molecule has 0 bridgehead atoms. The van der Waals surface area contributed by atoms with Gasteiger partial charge in [0.2, 0.25) is 0 Å². The lowest BCUT2D eigenvalue weighted by Gasteiger charge is -2.34. The van der Waals surface area contributed by atoms with Crippen LogP contribution in [-0.4, -0.2) is 66.8 Å². The van der Waals surface area contributed by atoms with Crippen molar-refractivity contribution in [3.63, 3.8) is 0 Å². The third-order valence-corrected chi connectivity index (χ3v) is 3.79. The summed E-state index contributed by atoms with van der Waals surface area (Å²) in [5, 5.41) is 12.2. The van der Waals surface area contributed by atoms with Gasteiger partial charge in [-0.05, 0) is 12.1 Å². The Balaban J connectivity index is 1.76. The van der Waals surface area contributed by atoms with Crippen molar-refractivity contribution in [1.82, 2.24) is 15.1 Å². The molecular formula is C14H20ClN3O2. The second-order valence-electron chi connectivity index (χ2n) is 4.83. The summed E-state index contributed by atoms with van der Waals surface area (Å²) in [7, 11) is 0. The van der Waals surface area contributed by atoms with E-state index in [2.05, 4.69) is 15.1 Å². The fourth-order valence-corrected chi connectivity index (χ4v) is 2.46. The molecule has 1 aromatic carbocycles. The second-order valence-corrected chi connectivity index (χ2v) is 5.23. The van der Waals surface area contributed by atoms with E-state index in [1.54, 1.807) is 24.3 Å². The highest BCUT2D eigenvalue weighted by Crippen LogP contribution is 2.14. The van der Waals surface area contributed by atoms with Crippen LogP contribution >= 0.6 is 11.6 Å². The van der Waals surface area contributed by atoms with Gasteiger partial charge in [0, 0.05) is 32.7 Å². The molecule has 1 aromatic rings. The van der Waals surface area contributed by atoms with Crippen molar-refractivity contribution in [3.8, 4) is 0 Å². The van der Waals surface area contributed by atoms with Gasteiger partial charge in [0.1, 0.15) is 0 Å². The Morgan fingerprint density at radius 3 is 2.50 bits per heavy atom. The highest BCUT2D eigenvalue weighted by molar-refractivity contribution is 6.33. The van der Waals surface area contributed by atoms with Gasteiger partial charge in [-0.25, -0.2) is 0 Å². The predicted molar refractivity (Wildman–Crippen MR) is 78.9 cm³/mol. The summed E-state index contributed by atoms with van der Waals surface area (Å²) in [6.45, 7) is 5.07. The van der Waals surface area contributed by atoms with E-state index in [9.17, 15) is 4.79 Å². The number of hydrogen-bond acceptors (Lipinski definition) is 4. The topological polar surface area (TPSA) is 55.8 Å². The fourth-order valence-electron chi connectivity index (χ4n) is 2.24. The van der Waals surface area contributed by atoms with Gasteiger partial charge in [-0.3, -0.25) is 14.6 Å². The number of halogens is 1. The average molecular weight is 298 g/mol. The van der Waals surface area contributed by atoms with Crippen LogP contribution in [0.25, 0.3) is 0 Å². The van der Waals surface area contributed by atoms with Gasteiger partial charge in [0.25, 0.3) is 5.91 Å². The van der Waals surface area contributed by atoms with Crippen LogP contribution in [-0.2, 0) is 0 Å². The van der Waals surface area contributed by atoms with Crippen molar-refractivity contribution >= 4 is 17.5 Å². The van der Waals surface area contributed by atoms with Gasteiger partial charge in [0.15, 0.2) is 0 Å². The number of nitrogens with zero attached hydrogens (tertiary/aromatic N) is 2. The van der Waals surface area contributed by atoms with Crippen molar-refractivity contribution in [1.29, 1.82) is 0 Å². The number of rotatable bonds is 5. The molecule has 5 nitrogen and oxygen atoms in total. The summed E-state index contributed by atoms with van der Waals surface area (Å²) in [4.78, 5) is 16.4. The Bertz CT molecular complexity index is 448.